The van der Waals surface area contributed by atoms with Gasteiger partial charge >= 0.3 is 46.7 Å². The number of amides is 2. The summed E-state index contributed by atoms with van der Waals surface area (Å²) in [5.41, 5.74) is 4.55. The van der Waals surface area contributed by atoms with E-state index >= 15 is 0 Å². The van der Waals surface area contributed by atoms with E-state index < -0.39 is 151 Å². The van der Waals surface area contributed by atoms with Gasteiger partial charge in [-0.1, -0.05) is 169 Å². The third kappa shape index (κ3) is 26.6. The molecule has 0 aromatic heterocycles. The number of nitrogens with zero attached hydrogens (tertiary/aromatic N) is 1. The van der Waals surface area contributed by atoms with Crippen molar-refractivity contribution in [1.82, 2.24) is 10.6 Å². The zero-order valence-electron chi connectivity index (χ0n) is 68.3. The summed E-state index contributed by atoms with van der Waals surface area (Å²) in [6, 6.07) is 72.1. The van der Waals surface area contributed by atoms with E-state index in [-0.39, 0.29) is 68.5 Å². The summed E-state index contributed by atoms with van der Waals surface area (Å²) in [6.07, 6.45) is -21.3. The molecule has 6 aliphatic rings. The molecule has 6 fully saturated rings. The molecule has 12 atom stereocenters. The summed E-state index contributed by atoms with van der Waals surface area (Å²) < 4.78 is 241. The average Bonchev–Trinajstić information content (AvgIpc) is 1.58. The van der Waals surface area contributed by atoms with Gasteiger partial charge in [-0.25, -0.2) is 25.3 Å². The van der Waals surface area contributed by atoms with E-state index in [1.54, 1.807) is 0 Å². The minimum absolute atomic E-state index is 0.0497. The van der Waals surface area contributed by atoms with Crippen LogP contribution < -0.4 is 10.6 Å². The summed E-state index contributed by atoms with van der Waals surface area (Å²) in [7, 11) is -10.7. The summed E-state index contributed by atoms with van der Waals surface area (Å²) >= 11 is 0. The molecule has 2 amide bonds. The Morgan fingerprint density at radius 2 is 0.715 bits per heavy atom. The van der Waals surface area contributed by atoms with Crippen LogP contribution in [0.3, 0.4) is 0 Å². The van der Waals surface area contributed by atoms with Gasteiger partial charge in [-0.15, -0.1) is 0 Å². The number of hydrogen-bond donors (Lipinski definition) is 2. The Bertz CT molecular complexity index is 4740. The summed E-state index contributed by atoms with van der Waals surface area (Å²) in [4.78, 5) is 79.6. The molecule has 0 spiro atoms. The number of hydrogen-bond acceptors (Lipinski definition) is 20. The van der Waals surface area contributed by atoms with Crippen LogP contribution in [0, 0.1) is 47.3 Å². The van der Waals surface area contributed by atoms with Crippen LogP contribution in [-0.4, -0.2) is 168 Å². The van der Waals surface area contributed by atoms with Crippen LogP contribution in [-0.2, 0) is 122 Å². The predicted octanol–water partition coefficient (Wildman–Crippen LogP) is 13.7. The number of carbonyl (C=O) groups is 6. The molecule has 2 N–H and O–H groups in total. The molecule has 2 aliphatic heterocycles. The molecular formula is C85H95F10N3O20S5. The highest BCUT2D eigenvalue weighted by molar-refractivity contribution is 7.97. The van der Waals surface area contributed by atoms with Crippen molar-refractivity contribution >= 4 is 88.1 Å². The first kappa shape index (κ1) is 99.4. The van der Waals surface area contributed by atoms with E-state index in [0.717, 1.165) is 18.1 Å². The first-order valence-corrected chi connectivity index (χ1v) is 45.0. The lowest BCUT2D eigenvalue weighted by molar-refractivity contribution is -0.884. The quantitative estimate of drug-likeness (QED) is 0.0114. The maximum atomic E-state index is 13.3. The minimum atomic E-state index is -6.78. The molecular weight excluding hydrogens is 1730 g/mol. The monoisotopic (exact) mass is 1830 g/mol. The normalized spacial score (nSPS) is 21.3. The van der Waals surface area contributed by atoms with Gasteiger partial charge in [0.15, 0.2) is 49.6 Å². The Morgan fingerprint density at radius 3 is 0.959 bits per heavy atom. The molecule has 4 aliphatic carbocycles. The number of rotatable bonds is 23. The van der Waals surface area contributed by atoms with Crippen molar-refractivity contribution in [2.24, 2.45) is 47.3 Å². The van der Waals surface area contributed by atoms with E-state index in [9.17, 15) is 112 Å². The van der Waals surface area contributed by atoms with Crippen molar-refractivity contribution in [1.29, 1.82) is 0 Å². The maximum Gasteiger partial charge on any atom is 0.432 e. The summed E-state index contributed by atoms with van der Waals surface area (Å²) in [6.45, 7) is 13.4. The molecule has 2 heterocycles. The van der Waals surface area contributed by atoms with E-state index in [4.69, 9.17) is 9.47 Å². The van der Waals surface area contributed by atoms with Crippen molar-refractivity contribution in [3.8, 4) is 0 Å². The van der Waals surface area contributed by atoms with Crippen molar-refractivity contribution in [2.75, 3.05) is 41.3 Å². The molecule has 7 aromatic carbocycles. The molecule has 670 valence electrons. The number of halogens is 10. The smallest absolute Gasteiger partial charge is 0.432 e. The van der Waals surface area contributed by atoms with Crippen molar-refractivity contribution in [3.05, 3.63) is 217 Å². The zero-order valence-corrected chi connectivity index (χ0v) is 72.4. The van der Waals surface area contributed by atoms with E-state index in [2.05, 4.69) is 287 Å². The third-order valence-electron chi connectivity index (χ3n) is 20.7. The van der Waals surface area contributed by atoms with Gasteiger partial charge in [0.1, 0.15) is 18.8 Å². The first-order valence-electron chi connectivity index (χ1n) is 38.4. The predicted molar refractivity (Wildman–Crippen MR) is 428 cm³/mol. The lowest BCUT2D eigenvalue weighted by Gasteiger charge is -2.29. The Morgan fingerprint density at radius 1 is 0.447 bits per heavy atom. The van der Waals surface area contributed by atoms with Crippen LogP contribution >= 0.6 is 0 Å². The van der Waals surface area contributed by atoms with Gasteiger partial charge < -0.3 is 47.7 Å². The average molecular weight is 1830 g/mol. The van der Waals surface area contributed by atoms with Gasteiger partial charge in [0.25, 0.3) is 12.2 Å². The van der Waals surface area contributed by atoms with E-state index in [1.165, 1.54) is 46.1 Å². The second kappa shape index (κ2) is 40.5. The summed E-state index contributed by atoms with van der Waals surface area (Å²) in [5, 5.41) is -7.42. The minimum Gasteiger partial charge on any atom is -0.743 e. The standard InChI is InChI=1S/2C22H23S.2C15H16F5NO8S.C10H16N.CH4O4S/c2*1-22(2,3)18-14-16-21(17-15-18)23(19-10-6-4-7-11-19)20-12-8-5-9-13-20;2*16-14(17,18)13(15(19,20)30(25,26)27)29-8(22)1-2-21-11(23)9-5-3-6-7(4-5)28-12(24)10(6)9;1-11(2,3)9-10-7-5-4-6-8-10;1-5-6(2,3)4/h2*4-17H,1-3H3;2*5-7,9-10,13H,1-4H2,(H,21,23)(H,25,26,27);4-8H,9H2,1-3H3;1H3,(H,2,3,4)/q2*+1;;;+1;/p-3. The molecule has 38 heteroatoms. The number of esters is 4. The maximum absolute atomic E-state index is 13.3. The second-order valence-corrected chi connectivity index (χ2v) is 40.8. The topological polar surface area (TPSA) is 344 Å². The van der Waals surface area contributed by atoms with Crippen LogP contribution in [0.4, 0.5) is 43.9 Å². The Hall–Kier alpha value is -8.99. The second-order valence-electron chi connectivity index (χ2n) is 32.7. The molecule has 12 unspecified atom stereocenters. The highest BCUT2D eigenvalue weighted by atomic mass is 32.3. The zero-order chi connectivity index (χ0) is 91.4. The van der Waals surface area contributed by atoms with Gasteiger partial charge in [-0.2, -0.15) is 43.9 Å². The van der Waals surface area contributed by atoms with Gasteiger partial charge in [-0.3, -0.25) is 33.0 Å². The molecule has 13 rings (SSSR count). The SMILES string of the molecule is CC(C)(C)c1ccc([S+](c2ccccc2)c2ccccc2)cc1.CC(C)(C)c1ccc([S+](c2ccccc2)c2ccccc2)cc1.COS(=O)(=O)[O-].C[N+](C)(C)Cc1ccccc1.O=C(CCNC(=O)C1C2CC3OC(=O)C1C3C2)OC(C(F)(F)F)C(F)(F)S(=O)(=O)[O-].O=C(CCNC(=O)C1C2CC3OC(=O)C1C3C2)OC(C(F)(F)F)C(F)(F)S(=O)(=O)[O-]. The van der Waals surface area contributed by atoms with Crippen LogP contribution in [0.15, 0.2) is 230 Å². The van der Waals surface area contributed by atoms with Gasteiger partial charge in [-0.05, 0) is 132 Å². The fraction of sp³-hybridized carbons (Fsp3) is 0.435. The molecule has 7 aromatic rings. The largest absolute Gasteiger partial charge is 0.743 e. The van der Waals surface area contributed by atoms with Crippen molar-refractivity contribution in [2.45, 2.75) is 174 Å². The first-order chi connectivity index (χ1) is 57.0. The number of ether oxygens (including phenoxy) is 4. The van der Waals surface area contributed by atoms with Crippen molar-refractivity contribution in [3.63, 3.8) is 0 Å². The van der Waals surface area contributed by atoms with Gasteiger partial charge in [0, 0.05) is 30.5 Å². The fourth-order valence-corrected chi connectivity index (χ4v) is 20.2. The molecule has 2 saturated heterocycles. The molecule has 4 bridgehead atoms. The molecule has 0 radical (unpaired) electrons. The van der Waals surface area contributed by atoms with Crippen LogP contribution in [0.25, 0.3) is 0 Å². The number of fused-ring (bicyclic) bond motifs is 2. The lowest BCUT2D eigenvalue weighted by Crippen LogP contribution is -2.52. The fourth-order valence-electron chi connectivity index (χ4n) is 15.2. The van der Waals surface area contributed by atoms with E-state index in [0.29, 0.717) is 25.7 Å². The third-order valence-corrected chi connectivity index (χ3v) is 27.4. The highest BCUT2D eigenvalue weighted by Crippen LogP contribution is 2.59. The van der Waals surface area contributed by atoms with Crippen LogP contribution in [0.2, 0.25) is 0 Å². The number of quaternary nitrogens is 1. The molecule has 4 saturated carbocycles. The number of alkyl halides is 10. The van der Waals surface area contributed by atoms with Crippen LogP contribution in [0.1, 0.15) is 96.8 Å². The number of benzene rings is 7. The Balaban J connectivity index is 0.000000192. The summed E-state index contributed by atoms with van der Waals surface area (Å²) in [5.74, 6) is -9.30. The highest BCUT2D eigenvalue weighted by Gasteiger charge is 2.67. The number of nitrogens with one attached hydrogen (secondary N) is 2. The van der Waals surface area contributed by atoms with E-state index in [1.807, 2.05) is 0 Å². The molecule has 23 nitrogen and oxygen atoms in total. The Labute approximate surface area is 713 Å². The van der Waals surface area contributed by atoms with Crippen molar-refractivity contribution < 1.29 is 139 Å². The van der Waals surface area contributed by atoms with Crippen LogP contribution in [0.5, 0.6) is 0 Å². The number of carbonyl (C=O) groups excluding carboxylic acids is 6. The molecule has 123 heavy (non-hydrogen) atoms. The lowest BCUT2D eigenvalue weighted by atomic mass is 9.79. The van der Waals surface area contributed by atoms with Gasteiger partial charge in [0.05, 0.1) is 86.6 Å². The Kier molecular flexibility index (Phi) is 32.8. The van der Waals surface area contributed by atoms with Gasteiger partial charge in [0.2, 0.25) is 22.2 Å².